The van der Waals surface area contributed by atoms with Crippen molar-refractivity contribution in [2.24, 2.45) is 0 Å². The Kier molecular flexibility index (Phi) is 3.41. The van der Waals surface area contributed by atoms with Crippen LogP contribution in [-0.2, 0) is 0 Å². The van der Waals surface area contributed by atoms with E-state index < -0.39 is 0 Å². The minimum Gasteiger partial charge on any atom is -0.424 e. The second kappa shape index (κ2) is 5.85. The van der Waals surface area contributed by atoms with Gasteiger partial charge in [0.2, 0.25) is 0 Å². The zero-order chi connectivity index (χ0) is 15.5. The van der Waals surface area contributed by atoms with Crippen molar-refractivity contribution in [3.63, 3.8) is 0 Å². The Balaban J connectivity index is 1.61. The van der Waals surface area contributed by atoms with Gasteiger partial charge in [0, 0.05) is 29.5 Å². The minimum atomic E-state index is 0.332. The molecule has 4 rings (SSSR count). The molecule has 0 radical (unpaired) electrons. The average Bonchev–Trinajstić information content (AvgIpc) is 2.63. The summed E-state index contributed by atoms with van der Waals surface area (Å²) in [7, 11) is 0. The lowest BCUT2D eigenvalue weighted by Crippen LogP contribution is -1.92. The topological polar surface area (TPSA) is 47.9 Å². The molecule has 2 heterocycles. The molecule has 0 bridgehead atoms. The fraction of sp³-hybridized carbons (Fsp3) is 0. The molecule has 0 unspecified atom stereocenters. The van der Waals surface area contributed by atoms with Crippen LogP contribution in [-0.4, -0.2) is 15.0 Å². The molecule has 4 nitrogen and oxygen atoms in total. The molecular weight excluding hydrogens is 286 g/mol. The number of hydrogen-bond acceptors (Lipinski definition) is 4. The van der Waals surface area contributed by atoms with Crippen molar-refractivity contribution in [3.8, 4) is 22.9 Å². The molecular formula is C19H13N3O. The van der Waals surface area contributed by atoms with Crippen molar-refractivity contribution in [3.05, 3.63) is 79.3 Å². The molecule has 4 heteroatoms. The number of fused-ring (bicyclic) bond motifs is 1. The molecule has 0 amide bonds. The van der Waals surface area contributed by atoms with Crippen LogP contribution in [0, 0.1) is 0 Å². The van der Waals surface area contributed by atoms with Gasteiger partial charge in [0.15, 0.2) is 0 Å². The summed E-state index contributed by atoms with van der Waals surface area (Å²) in [6.45, 7) is 0. The van der Waals surface area contributed by atoms with Gasteiger partial charge in [-0.1, -0.05) is 36.4 Å². The third-order valence-electron chi connectivity index (χ3n) is 3.52. The molecule has 0 N–H and O–H groups in total. The summed E-state index contributed by atoms with van der Waals surface area (Å²) in [6.07, 6.45) is 5.31. The normalized spacial score (nSPS) is 10.6. The van der Waals surface area contributed by atoms with Gasteiger partial charge in [0.25, 0.3) is 0 Å². The third-order valence-corrected chi connectivity index (χ3v) is 3.52. The molecule has 110 valence electrons. The van der Waals surface area contributed by atoms with E-state index in [-0.39, 0.29) is 0 Å². The molecule has 0 atom stereocenters. The number of para-hydroxylation sites is 1. The summed E-state index contributed by atoms with van der Waals surface area (Å²) in [4.78, 5) is 12.9. The van der Waals surface area contributed by atoms with E-state index in [1.54, 1.807) is 18.6 Å². The van der Waals surface area contributed by atoms with Crippen LogP contribution >= 0.6 is 0 Å². The van der Waals surface area contributed by atoms with Crippen LogP contribution in [0.2, 0.25) is 0 Å². The van der Waals surface area contributed by atoms with Crippen molar-refractivity contribution < 1.29 is 4.74 Å². The van der Waals surface area contributed by atoms with Gasteiger partial charge in [-0.15, -0.1) is 0 Å². The summed E-state index contributed by atoms with van der Waals surface area (Å²) in [5, 5.41) is 1.11. The highest BCUT2D eigenvalue weighted by Gasteiger charge is 2.04. The highest BCUT2D eigenvalue weighted by molar-refractivity contribution is 5.83. The molecule has 0 aliphatic heterocycles. The maximum Gasteiger partial charge on any atom is 0.321 e. The van der Waals surface area contributed by atoms with Gasteiger partial charge >= 0.3 is 6.01 Å². The summed E-state index contributed by atoms with van der Waals surface area (Å²) in [5.74, 6) is 0.718. The molecule has 0 aliphatic rings. The molecule has 2 aromatic heterocycles. The van der Waals surface area contributed by atoms with Crippen LogP contribution in [0.3, 0.4) is 0 Å². The SMILES string of the molecule is c1ccc(Oc2ncc(-c3ccc4cccnc4c3)cn2)cc1. The van der Waals surface area contributed by atoms with E-state index in [0.29, 0.717) is 6.01 Å². The highest BCUT2D eigenvalue weighted by atomic mass is 16.5. The summed E-state index contributed by atoms with van der Waals surface area (Å²) >= 11 is 0. The number of pyridine rings is 1. The number of ether oxygens (including phenoxy) is 1. The first-order valence-corrected chi connectivity index (χ1v) is 7.29. The second-order valence-corrected chi connectivity index (χ2v) is 5.08. The van der Waals surface area contributed by atoms with E-state index in [0.717, 1.165) is 27.8 Å². The Bertz CT molecular complexity index is 937. The van der Waals surface area contributed by atoms with Crippen molar-refractivity contribution in [1.82, 2.24) is 15.0 Å². The molecule has 0 fully saturated rings. The van der Waals surface area contributed by atoms with E-state index in [9.17, 15) is 0 Å². The molecule has 0 saturated carbocycles. The Morgan fingerprint density at radius 2 is 1.52 bits per heavy atom. The first kappa shape index (κ1) is 13.4. The Labute approximate surface area is 133 Å². The fourth-order valence-corrected chi connectivity index (χ4v) is 2.36. The predicted octanol–water partition coefficient (Wildman–Crippen LogP) is 4.48. The first-order valence-electron chi connectivity index (χ1n) is 7.29. The van der Waals surface area contributed by atoms with E-state index in [4.69, 9.17) is 4.74 Å². The maximum absolute atomic E-state index is 5.60. The average molecular weight is 299 g/mol. The van der Waals surface area contributed by atoms with Crippen LogP contribution in [0.5, 0.6) is 11.8 Å². The Hall–Kier alpha value is -3.27. The van der Waals surface area contributed by atoms with E-state index in [2.05, 4.69) is 15.0 Å². The monoisotopic (exact) mass is 299 g/mol. The Morgan fingerprint density at radius 3 is 2.35 bits per heavy atom. The second-order valence-electron chi connectivity index (χ2n) is 5.08. The van der Waals surface area contributed by atoms with Gasteiger partial charge in [0.1, 0.15) is 5.75 Å². The molecule has 4 aromatic rings. The number of nitrogens with zero attached hydrogens (tertiary/aromatic N) is 3. The van der Waals surface area contributed by atoms with E-state index in [1.165, 1.54) is 0 Å². The number of rotatable bonds is 3. The summed E-state index contributed by atoms with van der Waals surface area (Å²) in [5.41, 5.74) is 2.91. The minimum absolute atomic E-state index is 0.332. The lowest BCUT2D eigenvalue weighted by molar-refractivity contribution is 0.442. The molecule has 2 aromatic carbocycles. The maximum atomic E-state index is 5.60. The molecule has 0 aliphatic carbocycles. The fourth-order valence-electron chi connectivity index (χ4n) is 2.36. The van der Waals surface area contributed by atoms with Crippen LogP contribution < -0.4 is 4.74 Å². The van der Waals surface area contributed by atoms with Gasteiger partial charge in [0.05, 0.1) is 5.52 Å². The standard InChI is InChI=1S/C19H13N3O/c1-2-6-17(7-3-1)23-19-21-12-16(13-22-19)15-9-8-14-5-4-10-20-18(14)11-15/h1-13H. The smallest absolute Gasteiger partial charge is 0.321 e. The number of aromatic nitrogens is 3. The molecule has 0 saturated heterocycles. The predicted molar refractivity (Wildman–Crippen MR) is 89.3 cm³/mol. The van der Waals surface area contributed by atoms with Crippen molar-refractivity contribution in [2.75, 3.05) is 0 Å². The Morgan fingerprint density at radius 1 is 0.696 bits per heavy atom. The summed E-state index contributed by atoms with van der Waals surface area (Å²) in [6, 6.07) is 19.9. The number of benzene rings is 2. The van der Waals surface area contributed by atoms with Crippen LogP contribution in [0.15, 0.2) is 79.3 Å². The lowest BCUT2D eigenvalue weighted by atomic mass is 10.1. The highest BCUT2D eigenvalue weighted by Crippen LogP contribution is 2.24. The van der Waals surface area contributed by atoms with Crippen LogP contribution in [0.4, 0.5) is 0 Å². The third kappa shape index (κ3) is 2.87. The summed E-state index contributed by atoms with van der Waals surface area (Å²) < 4.78 is 5.60. The van der Waals surface area contributed by atoms with Crippen LogP contribution in [0.25, 0.3) is 22.0 Å². The van der Waals surface area contributed by atoms with Gasteiger partial charge in [-0.3, -0.25) is 4.98 Å². The number of hydrogen-bond donors (Lipinski definition) is 0. The van der Waals surface area contributed by atoms with Gasteiger partial charge < -0.3 is 4.74 Å². The zero-order valence-corrected chi connectivity index (χ0v) is 12.3. The van der Waals surface area contributed by atoms with Gasteiger partial charge in [-0.2, -0.15) is 0 Å². The lowest BCUT2D eigenvalue weighted by Gasteiger charge is -2.05. The van der Waals surface area contributed by atoms with Crippen molar-refractivity contribution >= 4 is 10.9 Å². The van der Waals surface area contributed by atoms with E-state index >= 15 is 0 Å². The first-order chi connectivity index (χ1) is 11.4. The quantitative estimate of drug-likeness (QED) is 0.559. The van der Waals surface area contributed by atoms with Gasteiger partial charge in [-0.05, 0) is 29.8 Å². The van der Waals surface area contributed by atoms with Gasteiger partial charge in [-0.25, -0.2) is 9.97 Å². The molecule has 23 heavy (non-hydrogen) atoms. The van der Waals surface area contributed by atoms with Crippen molar-refractivity contribution in [1.29, 1.82) is 0 Å². The largest absolute Gasteiger partial charge is 0.424 e. The van der Waals surface area contributed by atoms with Crippen molar-refractivity contribution in [2.45, 2.75) is 0 Å². The van der Waals surface area contributed by atoms with Crippen LogP contribution in [0.1, 0.15) is 0 Å². The molecule has 0 spiro atoms. The zero-order valence-electron chi connectivity index (χ0n) is 12.3. The van der Waals surface area contributed by atoms with E-state index in [1.807, 2.05) is 60.7 Å².